The number of rotatable bonds is 24. The minimum atomic E-state index is -3.57. The lowest BCUT2D eigenvalue weighted by molar-refractivity contribution is -0.870. The van der Waals surface area contributed by atoms with E-state index in [2.05, 4.69) is 24.4 Å². The van der Waals surface area contributed by atoms with Crippen molar-refractivity contribution in [1.82, 2.24) is 5.32 Å². The quantitative estimate of drug-likeness (QED) is 0.0689. The summed E-state index contributed by atoms with van der Waals surface area (Å²) in [7, 11) is 3.80. The highest BCUT2D eigenvalue weighted by Gasteiger charge is 2.25. The number of phosphoric ester groups is 1. The lowest BCUT2D eigenvalue weighted by Gasteiger charge is -2.24. The third-order valence-electron chi connectivity index (χ3n) is 5.57. The Kier molecular flexibility index (Phi) is 21.1. The smallest absolute Gasteiger partial charge is 0.354 e. The molecular formula is C26H54N2O5P+. The molecule has 0 spiro atoms. The Hall–Kier alpha value is -0.720. The summed E-state index contributed by atoms with van der Waals surface area (Å²) >= 11 is 0. The molecule has 0 radical (unpaired) electrons. The third kappa shape index (κ3) is 23.0. The van der Waals surface area contributed by atoms with Gasteiger partial charge in [0.25, 0.3) is 0 Å². The molecule has 0 aromatic heterocycles. The molecular weight excluding hydrogens is 451 g/mol. The van der Waals surface area contributed by atoms with Crippen molar-refractivity contribution in [3.63, 3.8) is 0 Å². The second-order valence-electron chi connectivity index (χ2n) is 9.99. The molecule has 0 heterocycles. The van der Waals surface area contributed by atoms with Crippen LogP contribution in [0.25, 0.3) is 0 Å². The van der Waals surface area contributed by atoms with E-state index >= 15 is 0 Å². The molecule has 0 aliphatic carbocycles. The molecule has 8 heteroatoms. The average Bonchev–Trinajstić information content (AvgIpc) is 2.78. The van der Waals surface area contributed by atoms with Crippen LogP contribution in [0.2, 0.25) is 0 Å². The zero-order chi connectivity index (χ0) is 25.5. The van der Waals surface area contributed by atoms with E-state index in [1.807, 2.05) is 21.1 Å². The monoisotopic (exact) mass is 505 g/mol. The molecule has 0 aliphatic heterocycles. The fourth-order valence-electron chi connectivity index (χ4n) is 3.36. The van der Waals surface area contributed by atoms with Gasteiger partial charge in [0.15, 0.2) is 0 Å². The molecule has 0 aromatic carbocycles. The second kappa shape index (κ2) is 21.6. The van der Waals surface area contributed by atoms with Gasteiger partial charge in [0.05, 0.1) is 27.7 Å². The molecule has 7 nitrogen and oxygen atoms in total. The first-order chi connectivity index (χ1) is 16.2. The number of amides is 1. The van der Waals surface area contributed by atoms with Gasteiger partial charge in [0.2, 0.25) is 5.91 Å². The molecule has 1 atom stereocenters. The second-order valence-corrected chi connectivity index (χ2v) is 11.8. The Morgan fingerprint density at radius 3 is 1.91 bits per heavy atom. The molecule has 0 rings (SSSR count). The van der Waals surface area contributed by atoms with Crippen LogP contribution in [-0.2, 0) is 22.9 Å². The van der Waals surface area contributed by atoms with E-state index < -0.39 is 7.82 Å². The number of allylic oxidation sites excluding steroid dienone is 2. The van der Waals surface area contributed by atoms with E-state index in [9.17, 15) is 9.36 Å². The first-order valence-electron chi connectivity index (χ1n) is 13.4. The maximum absolute atomic E-state index is 12.4. The predicted molar refractivity (Wildman–Crippen MR) is 142 cm³/mol. The van der Waals surface area contributed by atoms with E-state index in [1.165, 1.54) is 77.7 Å². The topological polar surface area (TPSA) is 73.9 Å². The maximum Gasteiger partial charge on any atom is 0.474 e. The van der Waals surface area contributed by atoms with Gasteiger partial charge in [-0.1, -0.05) is 70.4 Å². The van der Waals surface area contributed by atoms with Crippen molar-refractivity contribution in [3.05, 3.63) is 12.2 Å². The van der Waals surface area contributed by atoms with Crippen molar-refractivity contribution < 1.29 is 27.4 Å². The molecule has 0 saturated heterocycles. The zero-order valence-electron chi connectivity index (χ0n) is 22.8. The van der Waals surface area contributed by atoms with Crippen LogP contribution in [0.1, 0.15) is 96.8 Å². The van der Waals surface area contributed by atoms with Crippen molar-refractivity contribution in [2.75, 3.05) is 54.6 Å². The highest BCUT2D eigenvalue weighted by atomic mass is 31.2. The summed E-state index contributed by atoms with van der Waals surface area (Å²) in [6.45, 7) is 3.60. The Labute approximate surface area is 210 Å². The fraction of sp³-hybridized carbons (Fsp3) is 0.885. The first-order valence-corrected chi connectivity index (χ1v) is 14.9. The van der Waals surface area contributed by atoms with Gasteiger partial charge in [-0.2, -0.15) is 0 Å². The summed E-state index contributed by atoms with van der Waals surface area (Å²) in [5, 5.41) is 2.80. The van der Waals surface area contributed by atoms with Crippen LogP contribution < -0.4 is 5.32 Å². The molecule has 0 saturated carbocycles. The lowest BCUT2D eigenvalue weighted by Crippen LogP contribution is -2.37. The SMILES string of the molecule is CCCCCCCC/C=C\CCCCCCCC(=O)NCCOP(=O)(OC)OCC[N+](C)(C)C. The first kappa shape index (κ1) is 33.3. The van der Waals surface area contributed by atoms with Gasteiger partial charge in [0, 0.05) is 20.1 Å². The van der Waals surface area contributed by atoms with E-state index in [4.69, 9.17) is 13.6 Å². The van der Waals surface area contributed by atoms with Gasteiger partial charge in [-0.05, 0) is 32.1 Å². The average molecular weight is 506 g/mol. The Bertz CT molecular complexity index is 564. The summed E-state index contributed by atoms with van der Waals surface area (Å²) in [6.07, 6.45) is 21.3. The van der Waals surface area contributed by atoms with Crippen LogP contribution in [-0.4, -0.2) is 64.9 Å². The highest BCUT2D eigenvalue weighted by Crippen LogP contribution is 2.48. The summed E-state index contributed by atoms with van der Waals surface area (Å²) in [4.78, 5) is 11.9. The number of quaternary nitrogens is 1. The number of carbonyl (C=O) groups excluding carboxylic acids is 1. The molecule has 0 fully saturated rings. The Balaban J connectivity index is 3.57. The summed E-state index contributed by atoms with van der Waals surface area (Å²) < 4.78 is 28.5. The van der Waals surface area contributed by atoms with Crippen molar-refractivity contribution in [1.29, 1.82) is 0 Å². The fourth-order valence-corrected chi connectivity index (χ4v) is 4.27. The van der Waals surface area contributed by atoms with Gasteiger partial charge < -0.3 is 9.80 Å². The van der Waals surface area contributed by atoms with Crippen LogP contribution in [0, 0.1) is 0 Å². The molecule has 1 amide bonds. The molecule has 0 aromatic rings. The normalized spacial score (nSPS) is 13.9. The molecule has 0 aliphatic rings. The number of likely N-dealkylation sites (N-methyl/N-ethyl adjacent to an activating group) is 1. The van der Waals surface area contributed by atoms with E-state index in [0.29, 0.717) is 17.4 Å². The van der Waals surface area contributed by atoms with Crippen molar-refractivity contribution in [2.24, 2.45) is 0 Å². The number of unbranched alkanes of at least 4 members (excludes halogenated alkanes) is 11. The number of nitrogens with one attached hydrogen (secondary N) is 1. The van der Waals surface area contributed by atoms with Gasteiger partial charge in [-0.15, -0.1) is 0 Å². The maximum atomic E-state index is 12.4. The van der Waals surface area contributed by atoms with E-state index in [0.717, 1.165) is 12.8 Å². The van der Waals surface area contributed by atoms with Crippen molar-refractivity contribution in [3.8, 4) is 0 Å². The molecule has 1 N–H and O–H groups in total. The minimum absolute atomic E-state index is 0.000530. The number of carbonyl (C=O) groups is 1. The largest absolute Gasteiger partial charge is 0.474 e. The predicted octanol–water partition coefficient (Wildman–Crippen LogP) is 6.63. The van der Waals surface area contributed by atoms with Gasteiger partial charge in [-0.25, -0.2) is 4.57 Å². The molecule has 202 valence electrons. The summed E-state index contributed by atoms with van der Waals surface area (Å²) in [6, 6.07) is 0. The van der Waals surface area contributed by atoms with E-state index in [-0.39, 0.29) is 25.7 Å². The minimum Gasteiger partial charge on any atom is -0.354 e. The summed E-state index contributed by atoms with van der Waals surface area (Å²) in [5.41, 5.74) is 0. The Morgan fingerprint density at radius 1 is 0.824 bits per heavy atom. The van der Waals surface area contributed by atoms with Crippen molar-refractivity contribution in [2.45, 2.75) is 96.8 Å². The molecule has 0 bridgehead atoms. The van der Waals surface area contributed by atoms with Crippen LogP contribution >= 0.6 is 7.82 Å². The van der Waals surface area contributed by atoms with Gasteiger partial charge in [0.1, 0.15) is 13.2 Å². The van der Waals surface area contributed by atoms with Crippen LogP contribution in [0.3, 0.4) is 0 Å². The number of nitrogens with zero attached hydrogens (tertiary/aromatic N) is 1. The van der Waals surface area contributed by atoms with Crippen molar-refractivity contribution >= 4 is 13.7 Å². The molecule has 34 heavy (non-hydrogen) atoms. The van der Waals surface area contributed by atoms with Crippen LogP contribution in [0.5, 0.6) is 0 Å². The Morgan fingerprint density at radius 2 is 1.35 bits per heavy atom. The lowest BCUT2D eigenvalue weighted by atomic mass is 10.1. The summed E-state index contributed by atoms with van der Waals surface area (Å²) in [5.74, 6) is -0.000530. The van der Waals surface area contributed by atoms with Crippen LogP contribution in [0.4, 0.5) is 0 Å². The highest BCUT2D eigenvalue weighted by molar-refractivity contribution is 7.48. The third-order valence-corrected chi connectivity index (χ3v) is 7.02. The standard InChI is InChI=1S/C26H53N2O5P/c1-6-7-8-9-10-11-12-13-14-15-16-17-18-19-20-21-26(29)27-22-24-32-34(30,31-5)33-25-23-28(2,3)4/h13-14H,6-12,15-25H2,1-5H3/p+1/b14-13-. The van der Waals surface area contributed by atoms with Crippen LogP contribution in [0.15, 0.2) is 12.2 Å². The van der Waals surface area contributed by atoms with Gasteiger partial charge in [-0.3, -0.25) is 18.4 Å². The molecule has 1 unspecified atom stereocenters. The van der Waals surface area contributed by atoms with Gasteiger partial charge >= 0.3 is 7.82 Å². The zero-order valence-corrected chi connectivity index (χ0v) is 23.7. The number of hydrogen-bond acceptors (Lipinski definition) is 5. The number of hydrogen-bond donors (Lipinski definition) is 1. The van der Waals surface area contributed by atoms with E-state index in [1.54, 1.807) is 0 Å². The number of phosphoric acid groups is 1.